The molecule has 0 aromatic heterocycles. The van der Waals surface area contributed by atoms with Crippen molar-refractivity contribution in [3.05, 3.63) is 35.4 Å². The van der Waals surface area contributed by atoms with Gasteiger partial charge in [0.25, 0.3) is 5.91 Å². The molecule has 1 N–H and O–H groups in total. The minimum absolute atomic E-state index is 0.160. The van der Waals surface area contributed by atoms with Gasteiger partial charge in [-0.1, -0.05) is 12.1 Å². The number of nitrogens with zero attached hydrogens (tertiary/aromatic N) is 3. The number of likely N-dealkylation sites (N-methyl/N-ethyl adjacent to an activating group) is 1. The van der Waals surface area contributed by atoms with Crippen molar-refractivity contribution >= 4 is 5.91 Å². The smallest absolute Gasteiger partial charge is 0.253 e. The fourth-order valence-corrected chi connectivity index (χ4v) is 3.07. The molecule has 0 bridgehead atoms. The second kappa shape index (κ2) is 7.22. The van der Waals surface area contributed by atoms with Gasteiger partial charge in [-0.3, -0.25) is 9.69 Å². The van der Waals surface area contributed by atoms with Gasteiger partial charge in [-0.2, -0.15) is 0 Å². The number of rotatable bonds is 3. The summed E-state index contributed by atoms with van der Waals surface area (Å²) in [5, 5.41) is 3.28. The zero-order valence-electron chi connectivity index (χ0n) is 13.4. The molecule has 0 aliphatic carbocycles. The monoisotopic (exact) mass is 302 g/mol. The molecule has 0 radical (unpaired) electrons. The first kappa shape index (κ1) is 15.5. The molecular weight excluding hydrogens is 276 g/mol. The number of carbonyl (C=O) groups excluding carboxylic acids is 1. The number of hydrogen-bond donors (Lipinski definition) is 1. The van der Waals surface area contributed by atoms with Gasteiger partial charge in [-0.15, -0.1) is 0 Å². The highest BCUT2D eigenvalue weighted by molar-refractivity contribution is 5.94. The molecule has 1 amide bonds. The summed E-state index contributed by atoms with van der Waals surface area (Å²) in [6, 6.07) is 8.17. The molecule has 0 atom stereocenters. The second-order valence-electron chi connectivity index (χ2n) is 6.32. The molecule has 5 heteroatoms. The van der Waals surface area contributed by atoms with E-state index in [0.29, 0.717) is 0 Å². The lowest BCUT2D eigenvalue weighted by Crippen LogP contribution is -2.46. The Labute approximate surface area is 132 Å². The van der Waals surface area contributed by atoms with Crippen LogP contribution in [-0.4, -0.2) is 80.0 Å². The van der Waals surface area contributed by atoms with Crippen molar-refractivity contribution in [3.63, 3.8) is 0 Å². The maximum absolute atomic E-state index is 12.4. The van der Waals surface area contributed by atoms with Crippen LogP contribution in [0, 0.1) is 0 Å². The van der Waals surface area contributed by atoms with Crippen LogP contribution in [0.15, 0.2) is 24.3 Å². The first-order valence-electron chi connectivity index (χ1n) is 8.22. The maximum atomic E-state index is 12.4. The van der Waals surface area contributed by atoms with E-state index in [-0.39, 0.29) is 5.91 Å². The molecule has 1 aromatic rings. The van der Waals surface area contributed by atoms with Gasteiger partial charge in [0, 0.05) is 64.5 Å². The van der Waals surface area contributed by atoms with Crippen LogP contribution in [0.5, 0.6) is 0 Å². The molecule has 0 spiro atoms. The van der Waals surface area contributed by atoms with Crippen LogP contribution in [0.4, 0.5) is 0 Å². The lowest BCUT2D eigenvalue weighted by molar-refractivity contribution is 0.0736. The third-order valence-electron chi connectivity index (χ3n) is 4.61. The highest BCUT2D eigenvalue weighted by Gasteiger charge is 2.18. The van der Waals surface area contributed by atoms with Gasteiger partial charge < -0.3 is 15.1 Å². The van der Waals surface area contributed by atoms with Crippen molar-refractivity contribution in [1.82, 2.24) is 20.0 Å². The lowest BCUT2D eigenvalue weighted by atomic mass is 10.1. The summed E-state index contributed by atoms with van der Waals surface area (Å²) in [6.45, 7) is 8.91. The minimum Gasteiger partial charge on any atom is -0.336 e. The highest BCUT2D eigenvalue weighted by Crippen LogP contribution is 2.12. The van der Waals surface area contributed by atoms with Crippen LogP contribution in [-0.2, 0) is 6.54 Å². The zero-order chi connectivity index (χ0) is 15.4. The largest absolute Gasteiger partial charge is 0.336 e. The van der Waals surface area contributed by atoms with Gasteiger partial charge in [0.2, 0.25) is 0 Å². The van der Waals surface area contributed by atoms with E-state index in [2.05, 4.69) is 34.3 Å². The van der Waals surface area contributed by atoms with Gasteiger partial charge in [-0.05, 0) is 24.7 Å². The van der Waals surface area contributed by atoms with Crippen LogP contribution in [0.1, 0.15) is 15.9 Å². The molecule has 3 rings (SSSR count). The van der Waals surface area contributed by atoms with E-state index in [4.69, 9.17) is 0 Å². The molecule has 1 aromatic carbocycles. The average Bonchev–Trinajstić information content (AvgIpc) is 2.58. The predicted octanol–water partition coefficient (Wildman–Crippen LogP) is 0.479. The molecular formula is C17H26N4O. The lowest BCUT2D eigenvalue weighted by Gasteiger charge is -2.32. The topological polar surface area (TPSA) is 38.8 Å². The first-order chi connectivity index (χ1) is 10.7. The molecule has 5 nitrogen and oxygen atoms in total. The summed E-state index contributed by atoms with van der Waals surface area (Å²) >= 11 is 0. The Morgan fingerprint density at radius 1 is 1.00 bits per heavy atom. The molecule has 2 aliphatic heterocycles. The van der Waals surface area contributed by atoms with Gasteiger partial charge in [-0.25, -0.2) is 0 Å². The van der Waals surface area contributed by atoms with E-state index in [1.165, 1.54) is 5.56 Å². The fourth-order valence-electron chi connectivity index (χ4n) is 3.07. The summed E-state index contributed by atoms with van der Waals surface area (Å²) in [5.41, 5.74) is 2.10. The summed E-state index contributed by atoms with van der Waals surface area (Å²) < 4.78 is 0. The number of amides is 1. The van der Waals surface area contributed by atoms with Gasteiger partial charge in [0.1, 0.15) is 0 Å². The third kappa shape index (κ3) is 3.85. The summed E-state index contributed by atoms with van der Waals surface area (Å²) in [5.74, 6) is 0.160. The first-order valence-corrected chi connectivity index (χ1v) is 8.22. The summed E-state index contributed by atoms with van der Waals surface area (Å²) in [6.07, 6.45) is 0. The quantitative estimate of drug-likeness (QED) is 0.881. The normalized spacial score (nSPS) is 21.0. The Kier molecular flexibility index (Phi) is 5.08. The van der Waals surface area contributed by atoms with Crippen molar-refractivity contribution < 1.29 is 4.79 Å². The second-order valence-corrected chi connectivity index (χ2v) is 6.32. The highest BCUT2D eigenvalue weighted by atomic mass is 16.2. The number of nitrogens with one attached hydrogen (secondary N) is 1. The van der Waals surface area contributed by atoms with Crippen LogP contribution in [0.2, 0.25) is 0 Å². The van der Waals surface area contributed by atoms with Crippen LogP contribution in [0.25, 0.3) is 0 Å². The van der Waals surface area contributed by atoms with E-state index in [1.54, 1.807) is 0 Å². The van der Waals surface area contributed by atoms with E-state index < -0.39 is 0 Å². The predicted molar refractivity (Wildman–Crippen MR) is 88.0 cm³/mol. The Morgan fingerprint density at radius 3 is 2.27 bits per heavy atom. The Bertz CT molecular complexity index is 488. The number of benzene rings is 1. The van der Waals surface area contributed by atoms with Crippen molar-refractivity contribution in [3.8, 4) is 0 Å². The Balaban J connectivity index is 1.56. The third-order valence-corrected chi connectivity index (χ3v) is 4.61. The molecule has 0 saturated carbocycles. The molecule has 120 valence electrons. The summed E-state index contributed by atoms with van der Waals surface area (Å²) in [7, 11) is 2.17. The maximum Gasteiger partial charge on any atom is 0.253 e. The average molecular weight is 302 g/mol. The van der Waals surface area contributed by atoms with E-state index in [1.807, 2.05) is 17.0 Å². The molecule has 22 heavy (non-hydrogen) atoms. The molecule has 2 aliphatic rings. The van der Waals surface area contributed by atoms with Crippen molar-refractivity contribution in [2.45, 2.75) is 6.54 Å². The van der Waals surface area contributed by atoms with E-state index in [0.717, 1.165) is 64.5 Å². The Morgan fingerprint density at radius 2 is 1.64 bits per heavy atom. The van der Waals surface area contributed by atoms with E-state index in [9.17, 15) is 4.79 Å². The molecule has 2 fully saturated rings. The minimum atomic E-state index is 0.160. The molecule has 2 heterocycles. The van der Waals surface area contributed by atoms with Crippen molar-refractivity contribution in [2.75, 3.05) is 59.4 Å². The SMILES string of the molecule is CN1CCN(Cc2ccc(C(=O)N3CCNCC3)cc2)CC1. The number of hydrogen-bond acceptors (Lipinski definition) is 4. The van der Waals surface area contributed by atoms with Gasteiger partial charge >= 0.3 is 0 Å². The van der Waals surface area contributed by atoms with Crippen LogP contribution in [0.3, 0.4) is 0 Å². The van der Waals surface area contributed by atoms with Crippen LogP contribution < -0.4 is 5.32 Å². The zero-order valence-corrected chi connectivity index (χ0v) is 13.4. The van der Waals surface area contributed by atoms with Crippen LogP contribution >= 0.6 is 0 Å². The number of piperazine rings is 2. The fraction of sp³-hybridized carbons (Fsp3) is 0.588. The molecule has 2 saturated heterocycles. The summed E-state index contributed by atoms with van der Waals surface area (Å²) in [4.78, 5) is 19.2. The van der Waals surface area contributed by atoms with Crippen molar-refractivity contribution in [2.24, 2.45) is 0 Å². The Hall–Kier alpha value is -1.43. The standard InChI is InChI=1S/C17H26N4O/c1-19-10-12-20(13-11-19)14-15-2-4-16(5-3-15)17(22)21-8-6-18-7-9-21/h2-5,18H,6-14H2,1H3. The van der Waals surface area contributed by atoms with Gasteiger partial charge in [0.05, 0.1) is 0 Å². The molecule has 0 unspecified atom stereocenters. The number of carbonyl (C=O) groups is 1. The van der Waals surface area contributed by atoms with E-state index >= 15 is 0 Å². The van der Waals surface area contributed by atoms with Gasteiger partial charge in [0.15, 0.2) is 0 Å². The van der Waals surface area contributed by atoms with Crippen molar-refractivity contribution in [1.29, 1.82) is 0 Å².